The summed E-state index contributed by atoms with van der Waals surface area (Å²) in [5, 5.41) is 19.6. The molecule has 0 saturated heterocycles. The van der Waals surface area contributed by atoms with Gasteiger partial charge in [0.25, 0.3) is 0 Å². The summed E-state index contributed by atoms with van der Waals surface area (Å²) >= 11 is 0. The molecule has 3 nitrogen and oxygen atoms in total. The van der Waals surface area contributed by atoms with Gasteiger partial charge in [-0.15, -0.1) is 0 Å². The van der Waals surface area contributed by atoms with E-state index < -0.39 is 16.9 Å². The van der Waals surface area contributed by atoms with Gasteiger partial charge >= 0.3 is 0 Å². The van der Waals surface area contributed by atoms with Gasteiger partial charge < -0.3 is 10.2 Å². The molecule has 0 bridgehead atoms. The Hall–Kier alpha value is -3.59. The third-order valence-corrected chi connectivity index (χ3v) is 4.60. The van der Waals surface area contributed by atoms with E-state index in [9.17, 15) is 15.0 Å². The summed E-state index contributed by atoms with van der Waals surface area (Å²) in [4.78, 5) is 11.8. The SMILES string of the molecule is C=C1/C=C\C=C/C/C=C\C=C1c1ccc(-c2cc(O)c(O)c(=O)cc2C)cc1. The Kier molecular flexibility index (Phi) is 5.75. The summed E-state index contributed by atoms with van der Waals surface area (Å²) in [5.74, 6) is -1.06. The first-order chi connectivity index (χ1) is 13.5. The van der Waals surface area contributed by atoms with Crippen LogP contribution >= 0.6 is 0 Å². The fourth-order valence-corrected chi connectivity index (χ4v) is 3.06. The van der Waals surface area contributed by atoms with Gasteiger partial charge in [-0.3, -0.25) is 4.79 Å². The van der Waals surface area contributed by atoms with Gasteiger partial charge in [0.1, 0.15) is 0 Å². The topological polar surface area (TPSA) is 57.5 Å². The zero-order valence-corrected chi connectivity index (χ0v) is 15.7. The van der Waals surface area contributed by atoms with E-state index in [-0.39, 0.29) is 0 Å². The van der Waals surface area contributed by atoms with Gasteiger partial charge in [0.2, 0.25) is 11.2 Å². The van der Waals surface area contributed by atoms with Gasteiger partial charge in [-0.25, -0.2) is 0 Å². The van der Waals surface area contributed by atoms with E-state index in [1.165, 1.54) is 12.1 Å². The van der Waals surface area contributed by atoms with E-state index in [0.717, 1.165) is 28.7 Å². The van der Waals surface area contributed by atoms with Crippen LogP contribution in [-0.4, -0.2) is 10.2 Å². The molecule has 0 atom stereocenters. The first-order valence-electron chi connectivity index (χ1n) is 9.04. The Bertz CT molecular complexity index is 1080. The number of rotatable bonds is 2. The van der Waals surface area contributed by atoms with Gasteiger partial charge in [0.15, 0.2) is 5.75 Å². The Morgan fingerprint density at radius 2 is 1.61 bits per heavy atom. The van der Waals surface area contributed by atoms with Crippen molar-refractivity contribution >= 4 is 5.57 Å². The molecule has 0 fully saturated rings. The van der Waals surface area contributed by atoms with Crippen molar-refractivity contribution in [3.05, 3.63) is 112 Å². The molecule has 0 heterocycles. The van der Waals surface area contributed by atoms with Crippen molar-refractivity contribution in [2.75, 3.05) is 0 Å². The molecule has 3 heteroatoms. The number of aromatic hydroxyl groups is 2. The molecule has 2 aromatic carbocycles. The van der Waals surface area contributed by atoms with Gasteiger partial charge in [-0.05, 0) is 58.9 Å². The highest BCUT2D eigenvalue weighted by Crippen LogP contribution is 2.31. The van der Waals surface area contributed by atoms with E-state index >= 15 is 0 Å². The first-order valence-corrected chi connectivity index (χ1v) is 9.04. The van der Waals surface area contributed by atoms with Gasteiger partial charge in [0, 0.05) is 0 Å². The Morgan fingerprint density at radius 3 is 2.36 bits per heavy atom. The smallest absolute Gasteiger partial charge is 0.224 e. The quantitative estimate of drug-likeness (QED) is 0.739. The van der Waals surface area contributed by atoms with E-state index in [1.54, 1.807) is 6.92 Å². The molecule has 2 N–H and O–H groups in total. The summed E-state index contributed by atoms with van der Waals surface area (Å²) in [5.41, 5.74) is 4.54. The van der Waals surface area contributed by atoms with Crippen LogP contribution in [0.2, 0.25) is 0 Å². The lowest BCUT2D eigenvalue weighted by Crippen LogP contribution is -1.94. The third kappa shape index (κ3) is 4.21. The summed E-state index contributed by atoms with van der Waals surface area (Å²) in [6.45, 7) is 5.94. The molecule has 0 unspecified atom stereocenters. The second-order valence-electron chi connectivity index (χ2n) is 6.62. The Balaban J connectivity index is 2.03. The predicted octanol–water partition coefficient (Wildman–Crippen LogP) is 5.45. The lowest BCUT2D eigenvalue weighted by molar-refractivity contribution is 0.402. The van der Waals surface area contributed by atoms with E-state index in [4.69, 9.17) is 0 Å². The van der Waals surface area contributed by atoms with Gasteiger partial charge in [-0.2, -0.15) is 0 Å². The third-order valence-electron chi connectivity index (χ3n) is 4.60. The second kappa shape index (κ2) is 8.40. The van der Waals surface area contributed by atoms with Crippen molar-refractivity contribution in [3.8, 4) is 22.6 Å². The molecular weight excluding hydrogens is 348 g/mol. The standard InChI is InChI=1S/C25H22O3/c1-17-9-7-5-3-4-6-8-10-21(17)19-11-13-20(14-12-19)22-16-24(27)25(28)23(26)15-18(22)2/h3,5-16H,1,4H2,2H3,(H2,26,27,28)/b5-3-,8-6-,9-7-,21-10?. The Morgan fingerprint density at radius 1 is 0.929 bits per heavy atom. The van der Waals surface area contributed by atoms with Crippen molar-refractivity contribution in [1.29, 1.82) is 0 Å². The Labute approximate surface area is 164 Å². The molecule has 0 aromatic heterocycles. The molecule has 0 amide bonds. The lowest BCUT2D eigenvalue weighted by atomic mass is 9.94. The van der Waals surface area contributed by atoms with E-state index in [2.05, 4.69) is 18.7 Å². The fourth-order valence-electron chi connectivity index (χ4n) is 3.06. The molecule has 1 aliphatic carbocycles. The molecule has 140 valence electrons. The van der Waals surface area contributed by atoms with Crippen LogP contribution in [0.5, 0.6) is 11.5 Å². The molecule has 1 aliphatic rings. The van der Waals surface area contributed by atoms with E-state index in [0.29, 0.717) is 11.1 Å². The van der Waals surface area contributed by atoms with Crippen molar-refractivity contribution in [2.45, 2.75) is 13.3 Å². The molecular formula is C25H22O3. The molecule has 3 rings (SSSR count). The van der Waals surface area contributed by atoms with Crippen LogP contribution in [0.4, 0.5) is 0 Å². The van der Waals surface area contributed by atoms with Crippen molar-refractivity contribution in [1.82, 2.24) is 0 Å². The minimum atomic E-state index is -0.637. The van der Waals surface area contributed by atoms with Crippen LogP contribution in [0.3, 0.4) is 0 Å². The molecule has 0 saturated carbocycles. The lowest BCUT2D eigenvalue weighted by Gasteiger charge is -2.10. The highest BCUT2D eigenvalue weighted by molar-refractivity contribution is 5.83. The summed E-state index contributed by atoms with van der Waals surface area (Å²) in [6, 6.07) is 10.6. The summed E-state index contributed by atoms with van der Waals surface area (Å²) in [7, 11) is 0. The molecule has 0 spiro atoms. The first kappa shape index (κ1) is 19.2. The van der Waals surface area contributed by atoms with Crippen LogP contribution in [0.1, 0.15) is 17.5 Å². The number of allylic oxidation sites excluding steroid dienone is 9. The zero-order valence-electron chi connectivity index (χ0n) is 15.7. The van der Waals surface area contributed by atoms with Crippen LogP contribution < -0.4 is 5.43 Å². The minimum absolute atomic E-state index is 0.427. The van der Waals surface area contributed by atoms with Crippen molar-refractivity contribution in [2.24, 2.45) is 0 Å². The normalized spacial score (nSPS) is 17.5. The van der Waals surface area contributed by atoms with Crippen LogP contribution in [0, 0.1) is 6.92 Å². The predicted molar refractivity (Wildman–Crippen MR) is 115 cm³/mol. The monoisotopic (exact) mass is 370 g/mol. The van der Waals surface area contributed by atoms with E-state index in [1.807, 2.05) is 54.6 Å². The highest BCUT2D eigenvalue weighted by atomic mass is 16.3. The molecule has 2 aromatic rings. The van der Waals surface area contributed by atoms with Crippen LogP contribution in [0.25, 0.3) is 16.7 Å². The second-order valence-corrected chi connectivity index (χ2v) is 6.62. The average Bonchev–Trinajstić information content (AvgIpc) is 2.78. The molecule has 0 aliphatic heterocycles. The van der Waals surface area contributed by atoms with Crippen molar-refractivity contribution < 1.29 is 10.2 Å². The number of aryl methyl sites for hydroxylation is 1. The largest absolute Gasteiger partial charge is 0.504 e. The summed E-state index contributed by atoms with van der Waals surface area (Å²) < 4.78 is 0. The minimum Gasteiger partial charge on any atom is -0.504 e. The zero-order chi connectivity index (χ0) is 20.1. The molecule has 28 heavy (non-hydrogen) atoms. The van der Waals surface area contributed by atoms with Gasteiger partial charge in [-0.1, -0.05) is 73.4 Å². The molecule has 0 radical (unpaired) electrons. The maximum absolute atomic E-state index is 11.8. The van der Waals surface area contributed by atoms with Crippen LogP contribution in [-0.2, 0) is 0 Å². The van der Waals surface area contributed by atoms with Crippen LogP contribution in [0.15, 0.2) is 95.9 Å². The number of hydrogen-bond acceptors (Lipinski definition) is 3. The highest BCUT2D eigenvalue weighted by Gasteiger charge is 2.10. The number of benzene rings is 1. The fraction of sp³-hybridized carbons (Fsp3) is 0.0800. The number of hydrogen-bond donors (Lipinski definition) is 2. The average molecular weight is 370 g/mol. The summed E-state index contributed by atoms with van der Waals surface area (Å²) in [6.07, 6.45) is 15.1. The maximum atomic E-state index is 11.8. The van der Waals surface area contributed by atoms with Crippen molar-refractivity contribution in [3.63, 3.8) is 0 Å². The van der Waals surface area contributed by atoms with Gasteiger partial charge in [0.05, 0.1) is 0 Å². The maximum Gasteiger partial charge on any atom is 0.224 e.